The van der Waals surface area contributed by atoms with Gasteiger partial charge in [-0.15, -0.1) is 0 Å². The Hall–Kier alpha value is -1.57. The van der Waals surface area contributed by atoms with Gasteiger partial charge in [-0.3, -0.25) is 0 Å². The summed E-state index contributed by atoms with van der Waals surface area (Å²) < 4.78 is 37.5. The Morgan fingerprint density at radius 1 is 1.37 bits per heavy atom. The third kappa shape index (κ3) is 3.95. The first kappa shape index (κ1) is 13.9. The number of rotatable bonds is 5. The highest BCUT2D eigenvalue weighted by Gasteiger charge is 2.32. The average Bonchev–Trinajstić information content (AvgIpc) is 3.09. The van der Waals surface area contributed by atoms with Gasteiger partial charge in [-0.25, -0.2) is 9.97 Å². The van der Waals surface area contributed by atoms with Gasteiger partial charge in [-0.1, -0.05) is 0 Å². The van der Waals surface area contributed by atoms with Gasteiger partial charge in [0, 0.05) is 18.5 Å². The van der Waals surface area contributed by atoms with Crippen LogP contribution in [0.1, 0.15) is 24.6 Å². The molecule has 1 aliphatic rings. The molecule has 8 heteroatoms. The Morgan fingerprint density at radius 3 is 2.58 bits per heavy atom. The molecule has 0 spiro atoms. The SMILES string of the molecule is Nc1cc(N(CCO)CC(F)(F)F)nc(C2CC2)n1. The Labute approximate surface area is 108 Å². The van der Waals surface area contributed by atoms with E-state index in [1.54, 1.807) is 0 Å². The molecule has 0 aromatic carbocycles. The topological polar surface area (TPSA) is 75.3 Å². The minimum absolute atomic E-state index is 0.112. The van der Waals surface area contributed by atoms with Crippen LogP contribution in [0.3, 0.4) is 0 Å². The fraction of sp³-hybridized carbons (Fsp3) is 0.636. The Kier molecular flexibility index (Phi) is 3.79. The maximum atomic E-state index is 12.5. The largest absolute Gasteiger partial charge is 0.405 e. The number of nitrogens with two attached hydrogens (primary N) is 1. The van der Waals surface area contributed by atoms with Gasteiger partial charge in [-0.2, -0.15) is 13.2 Å². The predicted octanol–water partition coefficient (Wildman–Crippen LogP) is 1.30. The zero-order valence-electron chi connectivity index (χ0n) is 10.2. The predicted molar refractivity (Wildman–Crippen MR) is 63.8 cm³/mol. The maximum Gasteiger partial charge on any atom is 0.405 e. The molecule has 1 saturated carbocycles. The number of halogens is 3. The van der Waals surface area contributed by atoms with Gasteiger partial charge < -0.3 is 15.7 Å². The van der Waals surface area contributed by atoms with E-state index in [9.17, 15) is 13.2 Å². The van der Waals surface area contributed by atoms with Gasteiger partial charge in [0.05, 0.1) is 6.61 Å². The fourth-order valence-electron chi connectivity index (χ4n) is 1.77. The van der Waals surface area contributed by atoms with E-state index in [2.05, 4.69) is 9.97 Å². The molecular formula is C11H15F3N4O. The van der Waals surface area contributed by atoms with Crippen molar-refractivity contribution in [2.24, 2.45) is 0 Å². The molecule has 0 aliphatic heterocycles. The third-order valence-electron chi connectivity index (χ3n) is 2.76. The normalized spacial score (nSPS) is 15.6. The van der Waals surface area contributed by atoms with Crippen molar-refractivity contribution in [2.75, 3.05) is 30.3 Å². The van der Waals surface area contributed by atoms with Crippen LogP contribution in [0, 0.1) is 0 Å². The summed E-state index contributed by atoms with van der Waals surface area (Å²) in [4.78, 5) is 9.12. The van der Waals surface area contributed by atoms with Crippen molar-refractivity contribution in [2.45, 2.75) is 24.9 Å². The monoisotopic (exact) mass is 276 g/mol. The molecule has 2 rings (SSSR count). The number of nitrogen functional groups attached to an aromatic ring is 1. The smallest absolute Gasteiger partial charge is 0.395 e. The number of hydrogen-bond acceptors (Lipinski definition) is 5. The van der Waals surface area contributed by atoms with Crippen molar-refractivity contribution < 1.29 is 18.3 Å². The molecule has 0 atom stereocenters. The maximum absolute atomic E-state index is 12.5. The van der Waals surface area contributed by atoms with Crippen molar-refractivity contribution in [1.82, 2.24) is 9.97 Å². The highest BCUT2D eigenvalue weighted by atomic mass is 19.4. The minimum atomic E-state index is -4.37. The molecule has 0 saturated heterocycles. The molecule has 106 valence electrons. The van der Waals surface area contributed by atoms with Crippen molar-refractivity contribution in [3.63, 3.8) is 0 Å². The second kappa shape index (κ2) is 5.20. The molecule has 19 heavy (non-hydrogen) atoms. The summed E-state index contributed by atoms with van der Waals surface area (Å²) in [6.07, 6.45) is -2.50. The van der Waals surface area contributed by atoms with Crippen molar-refractivity contribution in [3.05, 3.63) is 11.9 Å². The summed E-state index contributed by atoms with van der Waals surface area (Å²) in [6, 6.07) is 1.30. The molecule has 5 nitrogen and oxygen atoms in total. The van der Waals surface area contributed by atoms with Crippen LogP contribution in [-0.2, 0) is 0 Å². The third-order valence-corrected chi connectivity index (χ3v) is 2.76. The fourth-order valence-corrected chi connectivity index (χ4v) is 1.77. The van der Waals surface area contributed by atoms with Gasteiger partial charge in [0.1, 0.15) is 24.0 Å². The standard InChI is InChI=1S/C11H15F3N4O/c12-11(13,14)6-18(3-4-19)9-5-8(15)16-10(17-9)7-1-2-7/h5,7,19H,1-4,6H2,(H2,15,16,17). The van der Waals surface area contributed by atoms with Crippen LogP contribution in [0.2, 0.25) is 0 Å². The zero-order valence-corrected chi connectivity index (χ0v) is 10.2. The van der Waals surface area contributed by atoms with Gasteiger partial charge in [0.2, 0.25) is 0 Å². The van der Waals surface area contributed by atoms with E-state index in [0.717, 1.165) is 17.7 Å². The second-order valence-electron chi connectivity index (χ2n) is 4.54. The molecule has 0 radical (unpaired) electrons. The van der Waals surface area contributed by atoms with E-state index in [-0.39, 0.29) is 24.1 Å². The van der Waals surface area contributed by atoms with Crippen LogP contribution in [0.25, 0.3) is 0 Å². The summed E-state index contributed by atoms with van der Waals surface area (Å²) >= 11 is 0. The van der Waals surface area contributed by atoms with E-state index < -0.39 is 19.3 Å². The van der Waals surface area contributed by atoms with Gasteiger partial charge in [0.25, 0.3) is 0 Å². The second-order valence-corrected chi connectivity index (χ2v) is 4.54. The first-order chi connectivity index (χ1) is 8.89. The van der Waals surface area contributed by atoms with Crippen LogP contribution in [-0.4, -0.2) is 40.9 Å². The Morgan fingerprint density at radius 2 is 2.05 bits per heavy atom. The first-order valence-corrected chi connectivity index (χ1v) is 5.96. The number of hydrogen-bond donors (Lipinski definition) is 2. The lowest BCUT2D eigenvalue weighted by atomic mass is 10.3. The molecule has 0 bridgehead atoms. The van der Waals surface area contributed by atoms with Gasteiger partial charge in [-0.05, 0) is 12.8 Å². The molecule has 1 fully saturated rings. The van der Waals surface area contributed by atoms with Gasteiger partial charge in [0.15, 0.2) is 0 Å². The number of aliphatic hydroxyl groups excluding tert-OH is 1. The summed E-state index contributed by atoms with van der Waals surface area (Å²) in [5.41, 5.74) is 5.60. The molecule has 1 aromatic heterocycles. The van der Waals surface area contributed by atoms with E-state index in [1.807, 2.05) is 0 Å². The summed E-state index contributed by atoms with van der Waals surface area (Å²) in [7, 11) is 0. The molecule has 1 heterocycles. The zero-order chi connectivity index (χ0) is 14.0. The molecule has 3 N–H and O–H groups in total. The summed E-state index contributed by atoms with van der Waals surface area (Å²) in [5.74, 6) is 0.946. The highest BCUT2D eigenvalue weighted by Crippen LogP contribution is 2.39. The Bertz CT molecular complexity index is 448. The van der Waals surface area contributed by atoms with E-state index in [0.29, 0.717) is 5.82 Å². The van der Waals surface area contributed by atoms with Crippen LogP contribution in [0.4, 0.5) is 24.8 Å². The molecule has 1 aromatic rings. The van der Waals surface area contributed by atoms with Crippen LogP contribution in [0.15, 0.2) is 6.07 Å². The number of alkyl halides is 3. The number of nitrogens with zero attached hydrogens (tertiary/aromatic N) is 3. The summed E-state index contributed by atoms with van der Waals surface area (Å²) in [5, 5.41) is 8.87. The molecule has 1 aliphatic carbocycles. The van der Waals surface area contributed by atoms with Crippen LogP contribution < -0.4 is 10.6 Å². The van der Waals surface area contributed by atoms with Crippen LogP contribution in [0.5, 0.6) is 0 Å². The van der Waals surface area contributed by atoms with E-state index in [4.69, 9.17) is 10.8 Å². The first-order valence-electron chi connectivity index (χ1n) is 5.96. The van der Waals surface area contributed by atoms with Crippen LogP contribution >= 0.6 is 0 Å². The number of anilines is 2. The number of aromatic nitrogens is 2. The van der Waals surface area contributed by atoms with Crippen molar-refractivity contribution in [1.29, 1.82) is 0 Å². The summed E-state index contributed by atoms with van der Waals surface area (Å²) in [6.45, 7) is -1.72. The van der Waals surface area contributed by atoms with E-state index in [1.165, 1.54) is 6.07 Å². The van der Waals surface area contributed by atoms with Crippen molar-refractivity contribution >= 4 is 11.6 Å². The highest BCUT2D eigenvalue weighted by molar-refractivity contribution is 5.47. The van der Waals surface area contributed by atoms with Gasteiger partial charge >= 0.3 is 6.18 Å². The van der Waals surface area contributed by atoms with E-state index >= 15 is 0 Å². The lowest BCUT2D eigenvalue weighted by molar-refractivity contribution is -0.120. The quantitative estimate of drug-likeness (QED) is 0.847. The van der Waals surface area contributed by atoms with Crippen molar-refractivity contribution in [3.8, 4) is 0 Å². The minimum Gasteiger partial charge on any atom is -0.395 e. The molecule has 0 unspecified atom stereocenters. The lowest BCUT2D eigenvalue weighted by Gasteiger charge is -2.24. The average molecular weight is 276 g/mol. The lowest BCUT2D eigenvalue weighted by Crippen LogP contribution is -2.37. The molecular weight excluding hydrogens is 261 g/mol. The number of aliphatic hydroxyl groups is 1. The Balaban J connectivity index is 2.24. The molecule has 0 amide bonds.